The summed E-state index contributed by atoms with van der Waals surface area (Å²) in [7, 11) is 0. The number of aliphatic hydroxyl groups is 2. The third-order valence-corrected chi connectivity index (χ3v) is 2.12. The van der Waals surface area contributed by atoms with Gasteiger partial charge in [-0.15, -0.1) is 4.42 Å². The molecule has 0 aliphatic carbocycles. The van der Waals surface area contributed by atoms with Crippen molar-refractivity contribution in [3.05, 3.63) is 0 Å². The Hall–Kier alpha value is 0.670. The van der Waals surface area contributed by atoms with Gasteiger partial charge >= 0.3 is 0 Å². The van der Waals surface area contributed by atoms with E-state index in [9.17, 15) is 0 Å². The van der Waals surface area contributed by atoms with Crippen LogP contribution in [0, 0.1) is 0 Å². The fourth-order valence-electron chi connectivity index (χ4n) is 0.634. The van der Waals surface area contributed by atoms with Crippen LogP contribution in [0.4, 0.5) is 0 Å². The van der Waals surface area contributed by atoms with Crippen LogP contribution in [0.25, 0.3) is 0 Å². The summed E-state index contributed by atoms with van der Waals surface area (Å²) in [5, 5.41) is 18.2. The number of rotatable bonds is 0. The SMILES string of the molecule is OC1N(Cl)CN(Cl)C(O)N1Cl. The van der Waals surface area contributed by atoms with Crippen molar-refractivity contribution in [2.24, 2.45) is 0 Å². The van der Waals surface area contributed by atoms with Crippen LogP contribution in [0.2, 0.25) is 0 Å². The van der Waals surface area contributed by atoms with E-state index in [4.69, 9.17) is 45.5 Å². The Morgan fingerprint density at radius 1 is 1.00 bits per heavy atom. The van der Waals surface area contributed by atoms with Crippen LogP contribution in [-0.4, -0.2) is 42.8 Å². The lowest BCUT2D eigenvalue weighted by atomic mass is 10.7. The molecule has 0 spiro atoms. The minimum absolute atomic E-state index is 0.00860. The standard InChI is InChI=1S/C3H6Cl3N3O2/c4-7-1-8(5)3(11)9(6)2(7)10/h2-3,10-11H,1H2. The summed E-state index contributed by atoms with van der Waals surface area (Å²) in [6.07, 6.45) is -2.49. The van der Waals surface area contributed by atoms with Crippen molar-refractivity contribution >= 4 is 35.3 Å². The maximum Gasteiger partial charge on any atom is 0.197 e. The van der Waals surface area contributed by atoms with E-state index in [-0.39, 0.29) is 6.67 Å². The van der Waals surface area contributed by atoms with Gasteiger partial charge in [0.05, 0.1) is 6.67 Å². The molecule has 2 atom stereocenters. The Kier molecular flexibility index (Phi) is 3.18. The molecule has 2 N–H and O–H groups in total. The van der Waals surface area contributed by atoms with Crippen molar-refractivity contribution in [2.75, 3.05) is 6.67 Å². The van der Waals surface area contributed by atoms with Crippen molar-refractivity contribution in [3.63, 3.8) is 0 Å². The number of halogens is 3. The zero-order chi connectivity index (χ0) is 8.59. The normalized spacial score (nSPS) is 37.9. The van der Waals surface area contributed by atoms with Gasteiger partial charge < -0.3 is 10.2 Å². The molecular weight excluding hydrogens is 216 g/mol. The van der Waals surface area contributed by atoms with Gasteiger partial charge in [-0.2, -0.15) is 8.84 Å². The van der Waals surface area contributed by atoms with Crippen molar-refractivity contribution in [3.8, 4) is 0 Å². The van der Waals surface area contributed by atoms with Gasteiger partial charge in [-0.05, 0) is 35.3 Å². The molecule has 0 aromatic heterocycles. The smallest absolute Gasteiger partial charge is 0.197 e. The quantitative estimate of drug-likeness (QED) is 0.560. The summed E-state index contributed by atoms with van der Waals surface area (Å²) < 4.78 is 2.56. The second-order valence-corrected chi connectivity index (χ2v) is 3.24. The predicted molar refractivity (Wildman–Crippen MR) is 40.0 cm³/mol. The zero-order valence-electron chi connectivity index (χ0n) is 5.23. The molecule has 0 aromatic carbocycles. The molecule has 66 valence electrons. The van der Waals surface area contributed by atoms with Crippen molar-refractivity contribution in [2.45, 2.75) is 12.7 Å². The Balaban J connectivity index is 2.63. The maximum atomic E-state index is 9.08. The monoisotopic (exact) mass is 221 g/mol. The minimum atomic E-state index is -1.25. The Labute approximate surface area is 78.6 Å². The Morgan fingerprint density at radius 3 is 1.73 bits per heavy atom. The first-order valence-corrected chi connectivity index (χ1v) is 3.70. The zero-order valence-corrected chi connectivity index (χ0v) is 7.50. The fraction of sp³-hybridized carbons (Fsp3) is 1.00. The van der Waals surface area contributed by atoms with Crippen LogP contribution in [-0.2, 0) is 0 Å². The first kappa shape index (κ1) is 9.76. The number of hydrogen-bond donors (Lipinski definition) is 2. The molecule has 1 aliphatic rings. The van der Waals surface area contributed by atoms with E-state index in [2.05, 4.69) is 0 Å². The molecule has 1 rings (SSSR count). The third kappa shape index (κ3) is 1.88. The molecule has 1 aliphatic heterocycles. The van der Waals surface area contributed by atoms with Gasteiger partial charge in [0, 0.05) is 0 Å². The van der Waals surface area contributed by atoms with E-state index in [0.29, 0.717) is 4.42 Å². The molecule has 0 radical (unpaired) electrons. The second-order valence-electron chi connectivity index (χ2n) is 1.98. The van der Waals surface area contributed by atoms with Crippen LogP contribution < -0.4 is 0 Å². The Bertz CT molecular complexity index is 136. The largest absolute Gasteiger partial charge is 0.363 e. The topological polar surface area (TPSA) is 50.2 Å². The molecule has 5 nitrogen and oxygen atoms in total. The minimum Gasteiger partial charge on any atom is -0.363 e. The van der Waals surface area contributed by atoms with Crippen molar-refractivity contribution in [1.29, 1.82) is 0 Å². The van der Waals surface area contributed by atoms with Crippen LogP contribution in [0.1, 0.15) is 0 Å². The highest BCUT2D eigenvalue weighted by Crippen LogP contribution is 2.22. The van der Waals surface area contributed by atoms with Gasteiger partial charge in [-0.25, -0.2) is 0 Å². The first-order valence-electron chi connectivity index (χ1n) is 2.69. The fourth-order valence-corrected chi connectivity index (χ4v) is 1.41. The van der Waals surface area contributed by atoms with E-state index in [1.54, 1.807) is 0 Å². The van der Waals surface area contributed by atoms with Gasteiger partial charge in [-0.1, -0.05) is 0 Å². The highest BCUT2D eigenvalue weighted by molar-refractivity contribution is 6.18. The Morgan fingerprint density at radius 2 is 1.36 bits per heavy atom. The van der Waals surface area contributed by atoms with Gasteiger partial charge in [-0.3, -0.25) is 0 Å². The molecule has 1 fully saturated rings. The molecule has 11 heavy (non-hydrogen) atoms. The second kappa shape index (κ2) is 3.59. The molecule has 1 saturated heterocycles. The highest BCUT2D eigenvalue weighted by Gasteiger charge is 2.36. The third-order valence-electron chi connectivity index (χ3n) is 1.21. The maximum absolute atomic E-state index is 9.08. The van der Waals surface area contributed by atoms with Gasteiger partial charge in [0.1, 0.15) is 0 Å². The molecule has 1 heterocycles. The van der Waals surface area contributed by atoms with Gasteiger partial charge in [0.25, 0.3) is 0 Å². The molecule has 0 amide bonds. The molecular formula is C3H6Cl3N3O2. The van der Waals surface area contributed by atoms with Crippen LogP contribution in [0.5, 0.6) is 0 Å². The highest BCUT2D eigenvalue weighted by atomic mass is 35.5. The predicted octanol–water partition coefficient (Wildman–Crippen LogP) is -0.123. The molecule has 0 saturated carbocycles. The van der Waals surface area contributed by atoms with Crippen LogP contribution in [0.15, 0.2) is 0 Å². The summed E-state index contributed by atoms with van der Waals surface area (Å²) in [6, 6.07) is 0. The number of aliphatic hydroxyl groups excluding tert-OH is 2. The van der Waals surface area contributed by atoms with E-state index >= 15 is 0 Å². The van der Waals surface area contributed by atoms with Crippen molar-refractivity contribution in [1.82, 2.24) is 13.3 Å². The molecule has 0 bridgehead atoms. The lowest BCUT2D eigenvalue weighted by Gasteiger charge is -2.39. The van der Waals surface area contributed by atoms with E-state index < -0.39 is 12.7 Å². The van der Waals surface area contributed by atoms with Crippen LogP contribution >= 0.6 is 35.3 Å². The first-order chi connectivity index (χ1) is 5.04. The average Bonchev–Trinajstić information content (AvgIpc) is 1.97. The molecule has 8 heteroatoms. The summed E-state index contributed by atoms with van der Waals surface area (Å²) >= 11 is 16.3. The van der Waals surface area contributed by atoms with E-state index in [1.165, 1.54) is 0 Å². The summed E-state index contributed by atoms with van der Waals surface area (Å²) in [4.78, 5) is 0. The number of hydrogen-bond acceptors (Lipinski definition) is 5. The van der Waals surface area contributed by atoms with Crippen molar-refractivity contribution < 1.29 is 10.2 Å². The van der Waals surface area contributed by atoms with Gasteiger partial charge in [0.15, 0.2) is 12.7 Å². The molecule has 0 aromatic rings. The summed E-state index contributed by atoms with van der Waals surface area (Å²) in [5.74, 6) is 0. The van der Waals surface area contributed by atoms with E-state index in [1.807, 2.05) is 0 Å². The summed E-state index contributed by atoms with van der Waals surface area (Å²) in [5.41, 5.74) is 0. The molecule has 2 unspecified atom stereocenters. The summed E-state index contributed by atoms with van der Waals surface area (Å²) in [6.45, 7) is 0.00860. The number of nitrogens with zero attached hydrogens (tertiary/aromatic N) is 3. The van der Waals surface area contributed by atoms with Gasteiger partial charge in [0.2, 0.25) is 0 Å². The van der Waals surface area contributed by atoms with E-state index in [0.717, 1.165) is 8.84 Å². The van der Waals surface area contributed by atoms with Crippen LogP contribution in [0.3, 0.4) is 0 Å². The average molecular weight is 222 g/mol. The lowest BCUT2D eigenvalue weighted by Crippen LogP contribution is -2.57. The lowest BCUT2D eigenvalue weighted by molar-refractivity contribution is -0.184.